The topological polar surface area (TPSA) is 72.0 Å². The Hall–Kier alpha value is -0.990. The van der Waals surface area contributed by atoms with Crippen molar-refractivity contribution in [2.75, 3.05) is 4.72 Å². The van der Waals surface area contributed by atoms with Crippen LogP contribution in [0.4, 0.5) is 5.00 Å². The lowest BCUT2D eigenvalue weighted by Gasteiger charge is -2.08. The average molecular weight is 334 g/mol. The van der Waals surface area contributed by atoms with Gasteiger partial charge in [-0.3, -0.25) is 4.72 Å². The maximum absolute atomic E-state index is 12.1. The molecule has 0 aliphatic heterocycles. The molecule has 0 atom stereocenters. The van der Waals surface area contributed by atoms with E-state index in [-0.39, 0.29) is 4.90 Å². The van der Waals surface area contributed by atoms with E-state index in [1.165, 1.54) is 6.20 Å². The third-order valence-corrected chi connectivity index (χ3v) is 4.75. The zero-order valence-electron chi connectivity index (χ0n) is 8.71. The van der Waals surface area contributed by atoms with Crippen molar-refractivity contribution >= 4 is 42.5 Å². The zero-order valence-corrected chi connectivity index (χ0v) is 11.9. The van der Waals surface area contributed by atoms with Gasteiger partial charge in [0.2, 0.25) is 0 Å². The van der Waals surface area contributed by atoms with Crippen LogP contribution in [0.3, 0.4) is 0 Å². The molecule has 17 heavy (non-hydrogen) atoms. The number of nitrogens with zero attached hydrogens (tertiary/aromatic N) is 2. The van der Waals surface area contributed by atoms with Crippen LogP contribution in [0, 0.1) is 6.92 Å². The number of nitrogens with one attached hydrogen (secondary N) is 1. The molecule has 0 bridgehead atoms. The molecule has 0 saturated carbocycles. The lowest BCUT2D eigenvalue weighted by atomic mass is 10.2. The normalized spacial score (nSPS) is 11.4. The maximum atomic E-state index is 12.1. The standard InChI is InChI=1S/C9H8BrN3O2S2/c1-6-2-3-7(10)4-8(6)17(14,15)12-9-5-11-13-16-9/h2-5,12H,1H3. The predicted octanol–water partition coefficient (Wildman–Crippen LogP) is 2.41. The lowest BCUT2D eigenvalue weighted by molar-refractivity contribution is 0.600. The molecule has 1 N–H and O–H groups in total. The molecule has 0 fully saturated rings. The van der Waals surface area contributed by atoms with Crippen molar-refractivity contribution in [2.24, 2.45) is 0 Å². The minimum atomic E-state index is -3.59. The lowest BCUT2D eigenvalue weighted by Crippen LogP contribution is -2.13. The molecule has 2 aromatic rings. The first-order chi connectivity index (χ1) is 7.99. The summed E-state index contributed by atoms with van der Waals surface area (Å²) in [5.41, 5.74) is 0.679. The first kappa shape index (κ1) is 12.5. The highest BCUT2D eigenvalue weighted by Gasteiger charge is 2.18. The number of halogens is 1. The first-order valence-electron chi connectivity index (χ1n) is 4.55. The molecular weight excluding hydrogens is 326 g/mol. The van der Waals surface area contributed by atoms with Gasteiger partial charge >= 0.3 is 0 Å². The van der Waals surface area contributed by atoms with E-state index in [1.54, 1.807) is 25.1 Å². The van der Waals surface area contributed by atoms with Crippen molar-refractivity contribution in [1.29, 1.82) is 0 Å². The van der Waals surface area contributed by atoms with Gasteiger partial charge in [-0.25, -0.2) is 8.42 Å². The van der Waals surface area contributed by atoms with Crippen LogP contribution < -0.4 is 4.72 Å². The number of rotatable bonds is 3. The van der Waals surface area contributed by atoms with Gasteiger partial charge in [0.1, 0.15) is 5.00 Å². The molecule has 0 aliphatic rings. The predicted molar refractivity (Wildman–Crippen MR) is 69.6 cm³/mol. The molecule has 0 aliphatic carbocycles. The van der Waals surface area contributed by atoms with Crippen molar-refractivity contribution in [3.8, 4) is 0 Å². The average Bonchev–Trinajstić information content (AvgIpc) is 2.73. The SMILES string of the molecule is Cc1ccc(Br)cc1S(=O)(=O)Nc1cnns1. The van der Waals surface area contributed by atoms with E-state index < -0.39 is 10.0 Å². The van der Waals surface area contributed by atoms with Crippen LogP contribution in [-0.4, -0.2) is 18.0 Å². The summed E-state index contributed by atoms with van der Waals surface area (Å²) < 4.78 is 30.9. The number of benzene rings is 1. The van der Waals surface area contributed by atoms with E-state index in [9.17, 15) is 8.42 Å². The minimum Gasteiger partial charge on any atom is -0.268 e. The van der Waals surface area contributed by atoms with Crippen LogP contribution >= 0.6 is 27.5 Å². The zero-order chi connectivity index (χ0) is 12.5. The largest absolute Gasteiger partial charge is 0.268 e. The fourth-order valence-corrected chi connectivity index (χ4v) is 3.73. The monoisotopic (exact) mass is 333 g/mol. The second-order valence-corrected chi connectivity index (χ2v) is 6.65. The molecule has 5 nitrogen and oxygen atoms in total. The van der Waals surface area contributed by atoms with E-state index >= 15 is 0 Å². The van der Waals surface area contributed by atoms with E-state index in [4.69, 9.17) is 0 Å². The Kier molecular flexibility index (Phi) is 3.45. The molecule has 0 unspecified atom stereocenters. The van der Waals surface area contributed by atoms with Gasteiger partial charge in [0.05, 0.1) is 11.1 Å². The number of sulfonamides is 1. The Morgan fingerprint density at radius 3 is 2.82 bits per heavy atom. The summed E-state index contributed by atoms with van der Waals surface area (Å²) in [6, 6.07) is 5.10. The highest BCUT2D eigenvalue weighted by molar-refractivity contribution is 9.10. The van der Waals surface area contributed by atoms with Gasteiger partial charge in [-0.05, 0) is 24.6 Å². The Bertz CT molecular complexity index is 626. The van der Waals surface area contributed by atoms with E-state index in [2.05, 4.69) is 30.2 Å². The van der Waals surface area contributed by atoms with Gasteiger partial charge in [-0.15, -0.1) is 5.10 Å². The molecule has 0 spiro atoms. The summed E-state index contributed by atoms with van der Waals surface area (Å²) in [5.74, 6) is 0. The summed E-state index contributed by atoms with van der Waals surface area (Å²) in [6.45, 7) is 1.74. The molecule has 0 amide bonds. The van der Waals surface area contributed by atoms with Crippen LogP contribution in [0.5, 0.6) is 0 Å². The van der Waals surface area contributed by atoms with Gasteiger partial charge < -0.3 is 0 Å². The molecule has 0 saturated heterocycles. The van der Waals surface area contributed by atoms with Crippen LogP contribution in [0.25, 0.3) is 0 Å². The Balaban J connectivity index is 2.41. The second kappa shape index (κ2) is 4.71. The third-order valence-electron chi connectivity index (χ3n) is 2.04. The summed E-state index contributed by atoms with van der Waals surface area (Å²) >= 11 is 4.24. The molecule has 1 aromatic heterocycles. The fourth-order valence-electron chi connectivity index (χ4n) is 1.26. The number of anilines is 1. The number of aromatic nitrogens is 2. The van der Waals surface area contributed by atoms with E-state index in [1.807, 2.05) is 0 Å². The van der Waals surface area contributed by atoms with Crippen molar-refractivity contribution < 1.29 is 8.42 Å². The molecular formula is C9H8BrN3O2S2. The first-order valence-corrected chi connectivity index (χ1v) is 7.60. The molecule has 2 rings (SSSR count). The van der Waals surface area contributed by atoms with Gasteiger partial charge in [0.15, 0.2) is 0 Å². The highest BCUT2D eigenvalue weighted by Crippen LogP contribution is 2.23. The van der Waals surface area contributed by atoms with Crippen molar-refractivity contribution in [1.82, 2.24) is 9.59 Å². The van der Waals surface area contributed by atoms with Crippen molar-refractivity contribution in [2.45, 2.75) is 11.8 Å². The van der Waals surface area contributed by atoms with Crippen LogP contribution in [0.1, 0.15) is 5.56 Å². The van der Waals surface area contributed by atoms with E-state index in [0.29, 0.717) is 15.0 Å². The van der Waals surface area contributed by atoms with Crippen molar-refractivity contribution in [3.63, 3.8) is 0 Å². The van der Waals surface area contributed by atoms with E-state index in [0.717, 1.165) is 11.5 Å². The number of hydrogen-bond acceptors (Lipinski definition) is 5. The molecule has 8 heteroatoms. The third kappa shape index (κ3) is 2.82. The van der Waals surface area contributed by atoms with Gasteiger partial charge in [-0.2, -0.15) is 0 Å². The summed E-state index contributed by atoms with van der Waals surface area (Å²) in [7, 11) is -3.59. The maximum Gasteiger partial charge on any atom is 0.262 e. The Labute approximate surface area is 111 Å². The smallest absolute Gasteiger partial charge is 0.262 e. The summed E-state index contributed by atoms with van der Waals surface area (Å²) in [6.07, 6.45) is 1.37. The van der Waals surface area contributed by atoms with Gasteiger partial charge in [-0.1, -0.05) is 26.5 Å². The van der Waals surface area contributed by atoms with Crippen LogP contribution in [0.15, 0.2) is 33.8 Å². The second-order valence-electron chi connectivity index (χ2n) is 3.30. The Morgan fingerprint density at radius 2 is 2.18 bits per heavy atom. The summed E-state index contributed by atoms with van der Waals surface area (Å²) in [5, 5.41) is 3.97. The van der Waals surface area contributed by atoms with Crippen molar-refractivity contribution in [3.05, 3.63) is 34.4 Å². The Morgan fingerprint density at radius 1 is 1.41 bits per heavy atom. The molecule has 90 valence electrons. The quantitative estimate of drug-likeness (QED) is 0.936. The van der Waals surface area contributed by atoms with Gasteiger partial charge in [0, 0.05) is 16.0 Å². The molecule has 0 radical (unpaired) electrons. The molecule has 1 heterocycles. The highest BCUT2D eigenvalue weighted by atomic mass is 79.9. The van der Waals surface area contributed by atoms with Gasteiger partial charge in [0.25, 0.3) is 10.0 Å². The number of hydrogen-bond donors (Lipinski definition) is 1. The van der Waals surface area contributed by atoms with Crippen LogP contribution in [0.2, 0.25) is 0 Å². The number of aryl methyl sites for hydroxylation is 1. The summed E-state index contributed by atoms with van der Waals surface area (Å²) in [4.78, 5) is 0.236. The minimum absolute atomic E-state index is 0.236. The van der Waals surface area contributed by atoms with Crippen LogP contribution in [-0.2, 0) is 10.0 Å². The fraction of sp³-hybridized carbons (Fsp3) is 0.111. The molecule has 1 aromatic carbocycles.